The van der Waals surface area contributed by atoms with Crippen LogP contribution in [-0.2, 0) is 17.9 Å². The summed E-state index contributed by atoms with van der Waals surface area (Å²) >= 11 is 1.82. The molecule has 2 N–H and O–H groups in total. The Balaban J connectivity index is 2.00. The standard InChI is InChI=1S/C16H21NO2S/c1-12(17)8-13-5-6-16(18-2)14(9-13)10-20-11-15-4-3-7-19-15/h3-7,9,12H,8,10-11,17H2,1-2H3. The first-order valence-electron chi connectivity index (χ1n) is 6.70. The molecule has 108 valence electrons. The fraction of sp³-hybridized carbons (Fsp3) is 0.375. The van der Waals surface area contributed by atoms with E-state index in [4.69, 9.17) is 14.9 Å². The lowest BCUT2D eigenvalue weighted by Gasteiger charge is -2.12. The third kappa shape index (κ3) is 4.32. The van der Waals surface area contributed by atoms with E-state index in [1.807, 2.05) is 36.9 Å². The Bertz CT molecular complexity index is 523. The lowest BCUT2D eigenvalue weighted by molar-refractivity contribution is 0.411. The van der Waals surface area contributed by atoms with Gasteiger partial charge in [0.1, 0.15) is 11.5 Å². The van der Waals surface area contributed by atoms with Crippen LogP contribution in [0.5, 0.6) is 5.75 Å². The third-order valence-corrected chi connectivity index (χ3v) is 3.99. The largest absolute Gasteiger partial charge is 0.496 e. The van der Waals surface area contributed by atoms with Crippen LogP contribution in [0.25, 0.3) is 0 Å². The molecule has 20 heavy (non-hydrogen) atoms. The number of hydrogen-bond donors (Lipinski definition) is 1. The summed E-state index contributed by atoms with van der Waals surface area (Å²) in [5.74, 6) is 3.70. The van der Waals surface area contributed by atoms with Gasteiger partial charge in [-0.25, -0.2) is 0 Å². The average molecular weight is 291 g/mol. The van der Waals surface area contributed by atoms with Crippen molar-refractivity contribution in [2.45, 2.75) is 30.9 Å². The lowest BCUT2D eigenvalue weighted by Crippen LogP contribution is -2.17. The van der Waals surface area contributed by atoms with Crippen molar-refractivity contribution in [3.63, 3.8) is 0 Å². The minimum Gasteiger partial charge on any atom is -0.496 e. The number of hydrogen-bond acceptors (Lipinski definition) is 4. The number of furan rings is 1. The van der Waals surface area contributed by atoms with Crippen LogP contribution in [0, 0.1) is 0 Å². The zero-order chi connectivity index (χ0) is 14.4. The molecule has 0 aliphatic heterocycles. The van der Waals surface area contributed by atoms with Gasteiger partial charge in [-0.05, 0) is 37.1 Å². The summed E-state index contributed by atoms with van der Waals surface area (Å²) in [4.78, 5) is 0. The number of methoxy groups -OCH3 is 1. The average Bonchev–Trinajstić information content (AvgIpc) is 2.91. The zero-order valence-electron chi connectivity index (χ0n) is 12.0. The molecule has 0 aliphatic rings. The Morgan fingerprint density at radius 2 is 2.15 bits per heavy atom. The molecule has 1 aromatic carbocycles. The number of ether oxygens (including phenoxy) is 1. The molecule has 2 aromatic rings. The maximum Gasteiger partial charge on any atom is 0.122 e. The molecule has 4 heteroatoms. The van der Waals surface area contributed by atoms with Crippen LogP contribution in [0.15, 0.2) is 41.0 Å². The summed E-state index contributed by atoms with van der Waals surface area (Å²) in [6.07, 6.45) is 2.60. The minimum atomic E-state index is 0.173. The van der Waals surface area contributed by atoms with Crippen molar-refractivity contribution < 1.29 is 9.15 Å². The molecule has 1 aromatic heterocycles. The topological polar surface area (TPSA) is 48.4 Å². The first-order valence-corrected chi connectivity index (χ1v) is 7.86. The van der Waals surface area contributed by atoms with Gasteiger partial charge in [0.05, 0.1) is 19.1 Å². The highest BCUT2D eigenvalue weighted by atomic mass is 32.2. The Labute approximate surface area is 124 Å². The number of rotatable bonds is 7. The van der Waals surface area contributed by atoms with Gasteiger partial charge in [-0.2, -0.15) is 0 Å². The second-order valence-electron chi connectivity index (χ2n) is 4.90. The van der Waals surface area contributed by atoms with E-state index in [2.05, 4.69) is 12.1 Å². The van der Waals surface area contributed by atoms with E-state index < -0.39 is 0 Å². The molecular formula is C16H21NO2S. The molecular weight excluding hydrogens is 270 g/mol. The highest BCUT2D eigenvalue weighted by Crippen LogP contribution is 2.26. The van der Waals surface area contributed by atoms with E-state index in [0.717, 1.165) is 29.4 Å². The van der Waals surface area contributed by atoms with Crippen LogP contribution in [0.2, 0.25) is 0 Å². The van der Waals surface area contributed by atoms with Gasteiger partial charge >= 0.3 is 0 Å². The van der Waals surface area contributed by atoms with Crippen LogP contribution in [-0.4, -0.2) is 13.2 Å². The summed E-state index contributed by atoms with van der Waals surface area (Å²) in [6.45, 7) is 2.02. The molecule has 0 bridgehead atoms. The van der Waals surface area contributed by atoms with Crippen LogP contribution in [0.1, 0.15) is 23.8 Å². The van der Waals surface area contributed by atoms with Gasteiger partial charge in [-0.1, -0.05) is 12.1 Å². The molecule has 1 atom stereocenters. The van der Waals surface area contributed by atoms with E-state index >= 15 is 0 Å². The molecule has 0 radical (unpaired) electrons. The van der Waals surface area contributed by atoms with Gasteiger partial charge in [-0.15, -0.1) is 11.8 Å². The van der Waals surface area contributed by atoms with Crippen molar-refractivity contribution >= 4 is 11.8 Å². The summed E-state index contributed by atoms with van der Waals surface area (Å²) in [5, 5.41) is 0. The maximum atomic E-state index is 5.86. The van der Waals surface area contributed by atoms with Crippen LogP contribution in [0.3, 0.4) is 0 Å². The fourth-order valence-corrected chi connectivity index (χ4v) is 3.01. The molecule has 1 unspecified atom stereocenters. The maximum absolute atomic E-state index is 5.86. The molecule has 0 saturated carbocycles. The first-order chi connectivity index (χ1) is 9.69. The van der Waals surface area contributed by atoms with Crippen molar-refractivity contribution in [1.82, 2.24) is 0 Å². The van der Waals surface area contributed by atoms with Crippen molar-refractivity contribution in [2.75, 3.05) is 7.11 Å². The van der Waals surface area contributed by atoms with E-state index in [9.17, 15) is 0 Å². The van der Waals surface area contributed by atoms with Gasteiger partial charge in [0.25, 0.3) is 0 Å². The normalized spacial score (nSPS) is 12.3. The van der Waals surface area contributed by atoms with Crippen LogP contribution in [0.4, 0.5) is 0 Å². The highest BCUT2D eigenvalue weighted by molar-refractivity contribution is 7.97. The molecule has 0 amide bonds. The van der Waals surface area contributed by atoms with Gasteiger partial charge in [0.15, 0.2) is 0 Å². The third-order valence-electron chi connectivity index (χ3n) is 2.98. The number of nitrogens with two attached hydrogens (primary N) is 1. The summed E-state index contributed by atoms with van der Waals surface area (Å²) in [5.41, 5.74) is 8.33. The summed E-state index contributed by atoms with van der Waals surface area (Å²) in [7, 11) is 1.71. The number of benzene rings is 1. The number of thioether (sulfide) groups is 1. The van der Waals surface area contributed by atoms with Crippen molar-refractivity contribution in [1.29, 1.82) is 0 Å². The smallest absolute Gasteiger partial charge is 0.122 e. The van der Waals surface area contributed by atoms with E-state index in [-0.39, 0.29) is 6.04 Å². The predicted molar refractivity (Wildman–Crippen MR) is 84.1 cm³/mol. The van der Waals surface area contributed by atoms with Gasteiger partial charge in [0.2, 0.25) is 0 Å². The SMILES string of the molecule is COc1ccc(CC(C)N)cc1CSCc1ccco1. The Morgan fingerprint density at radius 3 is 2.80 bits per heavy atom. The summed E-state index contributed by atoms with van der Waals surface area (Å²) in [6, 6.07) is 10.4. The molecule has 0 aliphatic carbocycles. The zero-order valence-corrected chi connectivity index (χ0v) is 12.8. The van der Waals surface area contributed by atoms with Crippen LogP contribution >= 0.6 is 11.8 Å². The Hall–Kier alpha value is -1.39. The Morgan fingerprint density at radius 1 is 1.30 bits per heavy atom. The van der Waals surface area contributed by atoms with Crippen molar-refractivity contribution in [3.8, 4) is 5.75 Å². The van der Waals surface area contributed by atoms with Gasteiger partial charge in [0, 0.05) is 17.4 Å². The van der Waals surface area contributed by atoms with E-state index in [1.165, 1.54) is 11.1 Å². The van der Waals surface area contributed by atoms with Crippen molar-refractivity contribution in [3.05, 3.63) is 53.5 Å². The first kappa shape index (κ1) is 15.0. The second kappa shape index (κ2) is 7.41. The molecule has 0 saturated heterocycles. The molecule has 3 nitrogen and oxygen atoms in total. The minimum absolute atomic E-state index is 0.173. The Kier molecular flexibility index (Phi) is 5.56. The van der Waals surface area contributed by atoms with E-state index in [1.54, 1.807) is 13.4 Å². The fourth-order valence-electron chi connectivity index (χ4n) is 2.10. The molecule has 0 spiro atoms. The van der Waals surface area contributed by atoms with Gasteiger partial charge < -0.3 is 14.9 Å². The second-order valence-corrected chi connectivity index (χ2v) is 5.89. The quantitative estimate of drug-likeness (QED) is 0.846. The van der Waals surface area contributed by atoms with E-state index in [0.29, 0.717) is 0 Å². The predicted octanol–water partition coefficient (Wildman–Crippen LogP) is 3.61. The molecule has 1 heterocycles. The lowest BCUT2D eigenvalue weighted by atomic mass is 10.0. The van der Waals surface area contributed by atoms with Gasteiger partial charge in [-0.3, -0.25) is 0 Å². The molecule has 0 fully saturated rings. The monoisotopic (exact) mass is 291 g/mol. The van der Waals surface area contributed by atoms with Crippen LogP contribution < -0.4 is 10.5 Å². The highest BCUT2D eigenvalue weighted by Gasteiger charge is 2.07. The summed E-state index contributed by atoms with van der Waals surface area (Å²) < 4.78 is 10.8. The molecule has 2 rings (SSSR count). The van der Waals surface area contributed by atoms with Crippen molar-refractivity contribution in [2.24, 2.45) is 5.73 Å².